The number of rotatable bonds is 3. The van der Waals surface area contributed by atoms with Crippen molar-refractivity contribution in [1.29, 1.82) is 0 Å². The average Bonchev–Trinajstić information content (AvgIpc) is 2.63. The Morgan fingerprint density at radius 2 is 2.40 bits per heavy atom. The highest BCUT2D eigenvalue weighted by molar-refractivity contribution is 4.98. The van der Waals surface area contributed by atoms with Crippen molar-refractivity contribution in [3.63, 3.8) is 0 Å². The number of hydrogen-bond acceptors (Lipinski definition) is 3. The molecule has 3 atom stereocenters. The largest absolute Gasteiger partial charge is 0.367 e. The van der Waals surface area contributed by atoms with E-state index in [0.29, 0.717) is 25.1 Å². The van der Waals surface area contributed by atoms with Gasteiger partial charge in [-0.2, -0.15) is 0 Å². The predicted molar refractivity (Wildman–Crippen MR) is 34.6 cm³/mol. The van der Waals surface area contributed by atoms with Crippen LogP contribution in [0.15, 0.2) is 0 Å². The standard InChI is InChI=1S/C7H12O3/c1-8-4-9-5-2-3-6-7(5)10-6/h5-7H,2-4H2,1H3. The smallest absolute Gasteiger partial charge is 0.146 e. The molecule has 0 bridgehead atoms. The Bertz CT molecular complexity index is 126. The predicted octanol–water partition coefficient (Wildman–Crippen LogP) is 0.537. The molecule has 0 aromatic carbocycles. The molecule has 0 aromatic heterocycles. The van der Waals surface area contributed by atoms with Gasteiger partial charge in [0.1, 0.15) is 12.9 Å². The van der Waals surface area contributed by atoms with Gasteiger partial charge in [0.15, 0.2) is 0 Å². The molecule has 1 aliphatic heterocycles. The van der Waals surface area contributed by atoms with E-state index in [-0.39, 0.29) is 0 Å². The molecule has 3 nitrogen and oxygen atoms in total. The third kappa shape index (κ3) is 1.05. The van der Waals surface area contributed by atoms with Crippen molar-refractivity contribution >= 4 is 0 Å². The minimum absolute atomic E-state index is 0.310. The summed E-state index contributed by atoms with van der Waals surface area (Å²) in [6.07, 6.45) is 3.53. The Balaban J connectivity index is 1.72. The SMILES string of the molecule is COCOC1CCC2OC12. The van der Waals surface area contributed by atoms with Crippen LogP contribution in [0.1, 0.15) is 12.8 Å². The van der Waals surface area contributed by atoms with Gasteiger partial charge >= 0.3 is 0 Å². The van der Waals surface area contributed by atoms with Crippen LogP contribution in [0, 0.1) is 0 Å². The third-order valence-electron chi connectivity index (χ3n) is 2.12. The van der Waals surface area contributed by atoms with Crippen LogP contribution in [0.25, 0.3) is 0 Å². The van der Waals surface area contributed by atoms with Gasteiger partial charge < -0.3 is 14.2 Å². The molecule has 2 fully saturated rings. The fraction of sp³-hybridized carbons (Fsp3) is 1.00. The topological polar surface area (TPSA) is 31.0 Å². The van der Waals surface area contributed by atoms with E-state index < -0.39 is 0 Å². The Labute approximate surface area is 60.3 Å². The van der Waals surface area contributed by atoms with Gasteiger partial charge in [0, 0.05) is 7.11 Å². The first kappa shape index (κ1) is 6.58. The van der Waals surface area contributed by atoms with E-state index in [1.54, 1.807) is 7.11 Å². The molecule has 1 heterocycles. The first-order chi connectivity index (χ1) is 4.92. The number of methoxy groups -OCH3 is 1. The van der Waals surface area contributed by atoms with Crippen LogP contribution >= 0.6 is 0 Å². The molecule has 3 unspecified atom stereocenters. The molecule has 0 radical (unpaired) electrons. The van der Waals surface area contributed by atoms with Crippen LogP contribution in [0.5, 0.6) is 0 Å². The lowest BCUT2D eigenvalue weighted by atomic mass is 10.3. The van der Waals surface area contributed by atoms with Gasteiger partial charge in [0.05, 0.1) is 12.2 Å². The quantitative estimate of drug-likeness (QED) is 0.428. The van der Waals surface area contributed by atoms with Gasteiger partial charge in [-0.1, -0.05) is 0 Å². The monoisotopic (exact) mass is 144 g/mol. The minimum atomic E-state index is 0.310. The van der Waals surface area contributed by atoms with Crippen LogP contribution < -0.4 is 0 Å². The Hall–Kier alpha value is -0.120. The average molecular weight is 144 g/mol. The van der Waals surface area contributed by atoms with Gasteiger partial charge in [0.2, 0.25) is 0 Å². The maximum absolute atomic E-state index is 5.36. The van der Waals surface area contributed by atoms with Gasteiger partial charge in [0.25, 0.3) is 0 Å². The molecule has 58 valence electrons. The van der Waals surface area contributed by atoms with Crippen molar-refractivity contribution in [3.8, 4) is 0 Å². The highest BCUT2D eigenvalue weighted by Crippen LogP contribution is 2.40. The lowest BCUT2D eigenvalue weighted by Crippen LogP contribution is -2.17. The lowest BCUT2D eigenvalue weighted by Gasteiger charge is -2.10. The van der Waals surface area contributed by atoms with Gasteiger partial charge in [-0.25, -0.2) is 0 Å². The second kappa shape index (κ2) is 2.49. The molecule has 0 N–H and O–H groups in total. The zero-order valence-corrected chi connectivity index (χ0v) is 6.08. The molecule has 1 aliphatic carbocycles. The molecule has 0 spiro atoms. The molecule has 2 rings (SSSR count). The van der Waals surface area contributed by atoms with E-state index in [4.69, 9.17) is 14.2 Å². The van der Waals surface area contributed by atoms with E-state index in [2.05, 4.69) is 0 Å². The highest BCUT2D eigenvalue weighted by Gasteiger charge is 2.50. The summed E-state index contributed by atoms with van der Waals surface area (Å²) in [5.74, 6) is 0. The first-order valence-electron chi connectivity index (χ1n) is 3.68. The summed E-state index contributed by atoms with van der Waals surface area (Å²) in [5.41, 5.74) is 0. The Kier molecular flexibility index (Phi) is 1.64. The third-order valence-corrected chi connectivity index (χ3v) is 2.12. The summed E-state index contributed by atoms with van der Waals surface area (Å²) in [6.45, 7) is 0.400. The summed E-state index contributed by atoms with van der Waals surface area (Å²) >= 11 is 0. The number of epoxide rings is 1. The van der Waals surface area contributed by atoms with E-state index in [1.165, 1.54) is 6.42 Å². The molecule has 0 aromatic rings. The summed E-state index contributed by atoms with van der Waals surface area (Å²) in [6, 6.07) is 0. The van der Waals surface area contributed by atoms with Crippen LogP contribution in [0.2, 0.25) is 0 Å². The Morgan fingerprint density at radius 3 is 2.90 bits per heavy atom. The fourth-order valence-electron chi connectivity index (χ4n) is 1.54. The summed E-state index contributed by atoms with van der Waals surface area (Å²) in [5, 5.41) is 0. The second-order valence-electron chi connectivity index (χ2n) is 2.83. The molecule has 0 amide bonds. The molecule has 10 heavy (non-hydrogen) atoms. The number of hydrogen-bond donors (Lipinski definition) is 0. The molecular weight excluding hydrogens is 132 g/mol. The molecule has 3 heteroatoms. The lowest BCUT2D eigenvalue weighted by molar-refractivity contribution is -0.0807. The summed E-state index contributed by atoms with van der Waals surface area (Å²) < 4.78 is 15.4. The molecule has 1 saturated heterocycles. The van der Waals surface area contributed by atoms with Gasteiger partial charge in [-0.15, -0.1) is 0 Å². The molecule has 2 aliphatic rings. The maximum atomic E-state index is 5.36. The maximum Gasteiger partial charge on any atom is 0.146 e. The van der Waals surface area contributed by atoms with Gasteiger partial charge in [-0.3, -0.25) is 0 Å². The van der Waals surface area contributed by atoms with Crippen LogP contribution in [0.4, 0.5) is 0 Å². The van der Waals surface area contributed by atoms with E-state index in [1.807, 2.05) is 0 Å². The van der Waals surface area contributed by atoms with E-state index >= 15 is 0 Å². The van der Waals surface area contributed by atoms with Gasteiger partial charge in [-0.05, 0) is 12.8 Å². The van der Waals surface area contributed by atoms with Crippen LogP contribution in [-0.4, -0.2) is 32.2 Å². The fourth-order valence-corrected chi connectivity index (χ4v) is 1.54. The minimum Gasteiger partial charge on any atom is -0.367 e. The Morgan fingerprint density at radius 1 is 1.50 bits per heavy atom. The molecule has 1 saturated carbocycles. The number of ether oxygens (including phenoxy) is 3. The van der Waals surface area contributed by atoms with Crippen molar-refractivity contribution < 1.29 is 14.2 Å². The summed E-state index contributed by atoms with van der Waals surface area (Å²) in [7, 11) is 1.64. The van der Waals surface area contributed by atoms with Crippen molar-refractivity contribution in [2.45, 2.75) is 31.2 Å². The van der Waals surface area contributed by atoms with Crippen LogP contribution in [0.3, 0.4) is 0 Å². The van der Waals surface area contributed by atoms with Crippen molar-refractivity contribution in [2.75, 3.05) is 13.9 Å². The van der Waals surface area contributed by atoms with Crippen LogP contribution in [-0.2, 0) is 14.2 Å². The van der Waals surface area contributed by atoms with Crippen molar-refractivity contribution in [1.82, 2.24) is 0 Å². The van der Waals surface area contributed by atoms with Crippen molar-refractivity contribution in [3.05, 3.63) is 0 Å². The van der Waals surface area contributed by atoms with E-state index in [0.717, 1.165) is 6.42 Å². The zero-order chi connectivity index (χ0) is 6.97. The highest BCUT2D eigenvalue weighted by atomic mass is 16.7. The number of fused-ring (bicyclic) bond motifs is 1. The summed E-state index contributed by atoms with van der Waals surface area (Å²) in [4.78, 5) is 0. The van der Waals surface area contributed by atoms with Crippen molar-refractivity contribution in [2.24, 2.45) is 0 Å². The zero-order valence-electron chi connectivity index (χ0n) is 6.08. The first-order valence-corrected chi connectivity index (χ1v) is 3.68. The van der Waals surface area contributed by atoms with E-state index in [9.17, 15) is 0 Å². The normalized spacial score (nSPS) is 43.5. The molecular formula is C7H12O3. The second-order valence-corrected chi connectivity index (χ2v) is 2.83.